The van der Waals surface area contributed by atoms with E-state index in [9.17, 15) is 18.8 Å². The molecule has 1 fully saturated rings. The van der Waals surface area contributed by atoms with E-state index in [1.54, 1.807) is 12.1 Å². The van der Waals surface area contributed by atoms with Gasteiger partial charge in [0.25, 0.3) is 11.8 Å². The van der Waals surface area contributed by atoms with Crippen LogP contribution in [0.4, 0.5) is 15.8 Å². The average molecular weight is 441 g/mol. The number of carbonyl (C=O) groups is 3. The summed E-state index contributed by atoms with van der Waals surface area (Å²) in [7, 11) is 0. The minimum atomic E-state index is -1.09. The maximum atomic E-state index is 14.4. The van der Waals surface area contributed by atoms with Gasteiger partial charge in [-0.2, -0.15) is 0 Å². The van der Waals surface area contributed by atoms with Gasteiger partial charge in [-0.25, -0.2) is 4.39 Å². The van der Waals surface area contributed by atoms with Crippen molar-refractivity contribution in [2.45, 2.75) is 6.04 Å². The Morgan fingerprint density at radius 3 is 2.79 bits per heavy atom. The van der Waals surface area contributed by atoms with Crippen LogP contribution in [0.2, 0.25) is 4.34 Å². The van der Waals surface area contributed by atoms with Crippen molar-refractivity contribution in [3.8, 4) is 0 Å². The second-order valence-electron chi connectivity index (χ2n) is 6.17. The number of benzene rings is 1. The van der Waals surface area contributed by atoms with E-state index < -0.39 is 23.7 Å². The van der Waals surface area contributed by atoms with E-state index >= 15 is 0 Å². The molecule has 1 aliphatic heterocycles. The van der Waals surface area contributed by atoms with E-state index in [4.69, 9.17) is 22.1 Å². The summed E-state index contributed by atoms with van der Waals surface area (Å²) in [5, 5.41) is 4.91. The molecule has 0 saturated carbocycles. The predicted molar refractivity (Wildman–Crippen MR) is 108 cm³/mol. The van der Waals surface area contributed by atoms with Crippen LogP contribution < -0.4 is 21.3 Å². The first-order valence-corrected chi connectivity index (χ1v) is 9.82. The fraction of sp³-hybridized carbons (Fsp3) is 0.278. The summed E-state index contributed by atoms with van der Waals surface area (Å²) in [6, 6.07) is 6.09. The number of nitrogens with one attached hydrogen (secondary N) is 2. The zero-order valence-corrected chi connectivity index (χ0v) is 16.7. The number of rotatable bonds is 6. The summed E-state index contributed by atoms with van der Waals surface area (Å²) in [6.45, 7) is 0.495. The third-order valence-electron chi connectivity index (χ3n) is 4.12. The molecule has 11 heteroatoms. The molecule has 1 saturated heterocycles. The Labute approximate surface area is 174 Å². The van der Waals surface area contributed by atoms with E-state index in [2.05, 4.69) is 10.6 Å². The number of ether oxygens (including phenoxy) is 1. The van der Waals surface area contributed by atoms with Crippen molar-refractivity contribution in [3.05, 3.63) is 45.4 Å². The number of amides is 3. The SMILES string of the molecule is N[C@@H](CNC(=O)c1ccc(Cl)s1)C(=O)Nc1ccc(N2CCOCC2=O)cc1F. The largest absolute Gasteiger partial charge is 0.370 e. The molecule has 1 aromatic heterocycles. The highest BCUT2D eigenvalue weighted by molar-refractivity contribution is 7.18. The van der Waals surface area contributed by atoms with Crippen LogP contribution in [0.25, 0.3) is 0 Å². The first kappa shape index (κ1) is 21.2. The molecule has 3 amide bonds. The van der Waals surface area contributed by atoms with Gasteiger partial charge in [-0.3, -0.25) is 14.4 Å². The first-order chi connectivity index (χ1) is 13.8. The summed E-state index contributed by atoms with van der Waals surface area (Å²) in [5.41, 5.74) is 6.07. The Morgan fingerprint density at radius 1 is 1.34 bits per heavy atom. The van der Waals surface area contributed by atoms with Crippen LogP contribution in [-0.4, -0.2) is 50.1 Å². The minimum Gasteiger partial charge on any atom is -0.370 e. The molecule has 8 nitrogen and oxygen atoms in total. The molecule has 4 N–H and O–H groups in total. The zero-order chi connectivity index (χ0) is 21.0. The van der Waals surface area contributed by atoms with Gasteiger partial charge >= 0.3 is 0 Å². The molecule has 2 heterocycles. The molecule has 1 atom stereocenters. The van der Waals surface area contributed by atoms with Crippen molar-refractivity contribution >= 4 is 52.0 Å². The van der Waals surface area contributed by atoms with E-state index in [1.165, 1.54) is 17.0 Å². The number of hydrogen-bond acceptors (Lipinski definition) is 6. The standard InChI is InChI=1S/C18H18ClFN4O4S/c19-15-4-3-14(29-15)18(27)22-8-12(21)17(26)23-13-2-1-10(7-11(13)20)24-5-6-28-9-16(24)25/h1-4,7,12H,5-6,8-9,21H2,(H,22,27)(H,23,26)/t12-/m0/s1. The van der Waals surface area contributed by atoms with Gasteiger partial charge in [0.15, 0.2) is 0 Å². The van der Waals surface area contributed by atoms with Gasteiger partial charge in [-0.1, -0.05) is 11.6 Å². The lowest BCUT2D eigenvalue weighted by molar-refractivity contribution is -0.125. The number of carbonyl (C=O) groups excluding carboxylic acids is 3. The number of morpholine rings is 1. The van der Waals surface area contributed by atoms with Gasteiger partial charge in [0.2, 0.25) is 5.91 Å². The molecule has 1 aliphatic rings. The Bertz CT molecular complexity index is 938. The molecule has 2 aromatic rings. The summed E-state index contributed by atoms with van der Waals surface area (Å²) >= 11 is 6.88. The smallest absolute Gasteiger partial charge is 0.261 e. The second kappa shape index (κ2) is 9.31. The minimum absolute atomic E-state index is 0.0572. The lowest BCUT2D eigenvalue weighted by Crippen LogP contribution is -2.45. The van der Waals surface area contributed by atoms with Crippen LogP contribution >= 0.6 is 22.9 Å². The maximum Gasteiger partial charge on any atom is 0.261 e. The third-order valence-corrected chi connectivity index (χ3v) is 5.35. The Hall–Kier alpha value is -2.53. The highest BCUT2D eigenvalue weighted by Crippen LogP contribution is 2.23. The topological polar surface area (TPSA) is 114 Å². The van der Waals surface area contributed by atoms with Crippen molar-refractivity contribution in [1.29, 1.82) is 0 Å². The Morgan fingerprint density at radius 2 is 2.14 bits per heavy atom. The lowest BCUT2D eigenvalue weighted by Gasteiger charge is -2.27. The van der Waals surface area contributed by atoms with Gasteiger partial charge in [-0.15, -0.1) is 11.3 Å². The van der Waals surface area contributed by atoms with E-state index in [-0.39, 0.29) is 24.7 Å². The van der Waals surface area contributed by atoms with Gasteiger partial charge in [-0.05, 0) is 30.3 Å². The summed E-state index contributed by atoms with van der Waals surface area (Å²) in [6.07, 6.45) is 0. The fourth-order valence-corrected chi connectivity index (χ4v) is 3.57. The van der Waals surface area contributed by atoms with Crippen LogP contribution in [0.5, 0.6) is 0 Å². The van der Waals surface area contributed by atoms with E-state index in [0.717, 1.165) is 17.4 Å². The quantitative estimate of drug-likeness (QED) is 0.631. The number of anilines is 2. The van der Waals surface area contributed by atoms with Crippen LogP contribution in [0.15, 0.2) is 30.3 Å². The van der Waals surface area contributed by atoms with Crippen molar-refractivity contribution < 1.29 is 23.5 Å². The van der Waals surface area contributed by atoms with Crippen LogP contribution in [-0.2, 0) is 14.3 Å². The molecule has 154 valence electrons. The maximum absolute atomic E-state index is 14.4. The zero-order valence-electron chi connectivity index (χ0n) is 15.1. The van der Waals surface area contributed by atoms with Crippen molar-refractivity contribution in [2.75, 3.05) is 36.5 Å². The van der Waals surface area contributed by atoms with E-state index in [0.29, 0.717) is 28.1 Å². The van der Waals surface area contributed by atoms with Crippen molar-refractivity contribution in [2.24, 2.45) is 5.73 Å². The van der Waals surface area contributed by atoms with Crippen LogP contribution in [0.1, 0.15) is 9.67 Å². The number of hydrogen-bond donors (Lipinski definition) is 3. The van der Waals surface area contributed by atoms with Gasteiger partial charge in [0, 0.05) is 18.8 Å². The molecule has 29 heavy (non-hydrogen) atoms. The highest BCUT2D eigenvalue weighted by Gasteiger charge is 2.22. The molecule has 3 rings (SSSR count). The third kappa shape index (κ3) is 5.30. The predicted octanol–water partition coefficient (Wildman–Crippen LogP) is 1.60. The molecule has 0 radical (unpaired) electrons. The summed E-state index contributed by atoms with van der Waals surface area (Å²) in [4.78, 5) is 37.8. The fourth-order valence-electron chi connectivity index (χ4n) is 2.61. The molecule has 1 aromatic carbocycles. The second-order valence-corrected chi connectivity index (χ2v) is 7.89. The number of nitrogens with zero attached hydrogens (tertiary/aromatic N) is 1. The Kier molecular flexibility index (Phi) is 6.80. The summed E-state index contributed by atoms with van der Waals surface area (Å²) in [5.74, 6) is -2.05. The molecular weight excluding hydrogens is 423 g/mol. The normalized spacial score (nSPS) is 15.1. The molecular formula is C18H18ClFN4O4S. The molecule has 0 bridgehead atoms. The average Bonchev–Trinajstić information content (AvgIpc) is 3.14. The number of halogens is 2. The Balaban J connectivity index is 1.56. The van der Waals surface area contributed by atoms with Gasteiger partial charge < -0.3 is 26.0 Å². The van der Waals surface area contributed by atoms with Gasteiger partial charge in [0.05, 0.1) is 21.5 Å². The van der Waals surface area contributed by atoms with Gasteiger partial charge in [0.1, 0.15) is 18.5 Å². The van der Waals surface area contributed by atoms with Crippen molar-refractivity contribution in [1.82, 2.24) is 5.32 Å². The number of nitrogens with two attached hydrogens (primary N) is 1. The molecule has 0 spiro atoms. The highest BCUT2D eigenvalue weighted by atomic mass is 35.5. The van der Waals surface area contributed by atoms with E-state index in [1.807, 2.05) is 0 Å². The lowest BCUT2D eigenvalue weighted by atomic mass is 10.2. The molecule has 0 unspecified atom stereocenters. The monoisotopic (exact) mass is 440 g/mol. The number of thiophene rings is 1. The molecule has 0 aliphatic carbocycles. The summed E-state index contributed by atoms with van der Waals surface area (Å²) < 4.78 is 19.9. The van der Waals surface area contributed by atoms with Crippen LogP contribution in [0, 0.1) is 5.82 Å². The first-order valence-electron chi connectivity index (χ1n) is 8.63. The van der Waals surface area contributed by atoms with Crippen LogP contribution in [0.3, 0.4) is 0 Å². The van der Waals surface area contributed by atoms with Crippen molar-refractivity contribution in [3.63, 3.8) is 0 Å².